The average Bonchev–Trinajstić information content (AvgIpc) is 2.75. The Morgan fingerprint density at radius 1 is 0.719 bits per heavy atom. The van der Waals surface area contributed by atoms with Crippen LogP contribution in [0.5, 0.6) is 46.0 Å². The third-order valence-electron chi connectivity index (χ3n) is 5.70. The van der Waals surface area contributed by atoms with E-state index in [1.165, 1.54) is 18.2 Å². The fourth-order valence-corrected chi connectivity index (χ4v) is 4.26. The molecule has 32 heavy (non-hydrogen) atoms. The first-order chi connectivity index (χ1) is 15.2. The summed E-state index contributed by atoms with van der Waals surface area (Å²) in [5, 5.41) is 70.1. The van der Waals surface area contributed by atoms with Gasteiger partial charge in [0.1, 0.15) is 11.5 Å². The Kier molecular flexibility index (Phi) is 3.97. The summed E-state index contributed by atoms with van der Waals surface area (Å²) in [5.74, 6) is -6.09. The predicted octanol–water partition coefficient (Wildman–Crippen LogP) is 2.43. The minimum atomic E-state index is -1.15. The molecule has 0 aromatic heterocycles. The quantitative estimate of drug-likeness (QED) is 0.220. The second-order valence-corrected chi connectivity index (χ2v) is 7.57. The zero-order valence-corrected chi connectivity index (χ0v) is 16.1. The highest BCUT2D eigenvalue weighted by atomic mass is 16.6. The summed E-state index contributed by atoms with van der Waals surface area (Å²) in [5.41, 5.74) is 0.343. The number of aromatic hydroxyl groups is 7. The van der Waals surface area contributed by atoms with Gasteiger partial charge in [-0.25, -0.2) is 4.79 Å². The van der Waals surface area contributed by atoms with Gasteiger partial charge < -0.3 is 45.2 Å². The van der Waals surface area contributed by atoms with Crippen LogP contribution in [0.4, 0.5) is 0 Å². The molecule has 3 unspecified atom stereocenters. The lowest BCUT2D eigenvalue weighted by Crippen LogP contribution is -2.42. The largest absolute Gasteiger partial charge is 0.508 e. The Morgan fingerprint density at radius 2 is 1.38 bits per heavy atom. The number of fused-ring (bicyclic) bond motifs is 5. The van der Waals surface area contributed by atoms with E-state index in [9.17, 15) is 40.5 Å². The van der Waals surface area contributed by atoms with Crippen LogP contribution in [-0.4, -0.2) is 47.8 Å². The van der Waals surface area contributed by atoms with Crippen LogP contribution in [0.1, 0.15) is 39.1 Å². The first kappa shape index (κ1) is 19.5. The Labute approximate surface area is 179 Å². The zero-order chi connectivity index (χ0) is 22.9. The average molecular weight is 440 g/mol. The number of phenolic OH excluding ortho intramolecular Hbond substituents is 7. The van der Waals surface area contributed by atoms with E-state index in [4.69, 9.17) is 9.47 Å². The minimum Gasteiger partial charge on any atom is -0.508 e. The molecule has 2 aliphatic rings. The highest BCUT2D eigenvalue weighted by molar-refractivity contribution is 5.95. The number of carbonyl (C=O) groups is 1. The topological polar surface area (TPSA) is 177 Å². The van der Waals surface area contributed by atoms with Crippen LogP contribution in [-0.2, 0) is 4.74 Å². The molecule has 0 bridgehead atoms. The molecule has 0 saturated heterocycles. The van der Waals surface area contributed by atoms with Crippen molar-refractivity contribution >= 4 is 5.97 Å². The van der Waals surface area contributed by atoms with Crippen LogP contribution in [0.15, 0.2) is 36.4 Å². The maximum absolute atomic E-state index is 12.7. The maximum atomic E-state index is 12.7. The third kappa shape index (κ3) is 2.62. The Bertz CT molecular complexity index is 1280. The van der Waals surface area contributed by atoms with Gasteiger partial charge in [0.25, 0.3) is 0 Å². The van der Waals surface area contributed by atoms with Gasteiger partial charge in [0, 0.05) is 22.8 Å². The first-order valence-electron chi connectivity index (χ1n) is 9.40. The summed E-state index contributed by atoms with van der Waals surface area (Å²) in [6.45, 7) is 0. The Balaban J connectivity index is 1.78. The summed E-state index contributed by atoms with van der Waals surface area (Å²) in [6.07, 6.45) is -2.30. The lowest BCUT2D eigenvalue weighted by atomic mass is 9.76. The minimum absolute atomic E-state index is 0.0194. The fourth-order valence-electron chi connectivity index (χ4n) is 4.26. The van der Waals surface area contributed by atoms with E-state index in [-0.39, 0.29) is 28.2 Å². The number of hydrogen-bond acceptors (Lipinski definition) is 10. The van der Waals surface area contributed by atoms with Crippen molar-refractivity contribution in [3.8, 4) is 46.0 Å². The fraction of sp³-hybridized carbons (Fsp3) is 0.136. The van der Waals surface area contributed by atoms with E-state index >= 15 is 0 Å². The Morgan fingerprint density at radius 3 is 2.06 bits per heavy atom. The number of phenols is 7. The first-order valence-corrected chi connectivity index (χ1v) is 9.40. The van der Waals surface area contributed by atoms with Gasteiger partial charge in [-0.1, -0.05) is 6.07 Å². The van der Waals surface area contributed by atoms with Crippen molar-refractivity contribution < 1.29 is 50.0 Å². The Hall–Kier alpha value is -4.47. The normalized spacial score (nSPS) is 21.0. The van der Waals surface area contributed by atoms with Crippen molar-refractivity contribution in [2.45, 2.75) is 18.1 Å². The second-order valence-electron chi connectivity index (χ2n) is 7.57. The molecule has 2 heterocycles. The standard InChI is InChI=1S/C22H16O10/c23-8-1-2-9-14(5-8)31-20(7-3-11(24)17(27)12(25)4-7)21-16(9)15-10(22(30)32-21)6-13(26)18(28)19(15)29/h1-6,16,20-21,23-29H. The van der Waals surface area contributed by atoms with Gasteiger partial charge in [0.05, 0.1) is 11.5 Å². The molecule has 0 aliphatic carbocycles. The van der Waals surface area contributed by atoms with Crippen molar-refractivity contribution in [2.75, 3.05) is 0 Å². The van der Waals surface area contributed by atoms with Gasteiger partial charge in [-0.2, -0.15) is 0 Å². The van der Waals surface area contributed by atoms with Crippen LogP contribution in [0.3, 0.4) is 0 Å². The molecule has 10 nitrogen and oxygen atoms in total. The van der Waals surface area contributed by atoms with Crippen molar-refractivity contribution in [3.05, 3.63) is 58.7 Å². The van der Waals surface area contributed by atoms with Gasteiger partial charge in [-0.05, 0) is 24.3 Å². The lowest BCUT2D eigenvalue weighted by molar-refractivity contribution is -0.0326. The van der Waals surface area contributed by atoms with Gasteiger partial charge in [-0.15, -0.1) is 0 Å². The number of benzene rings is 3. The van der Waals surface area contributed by atoms with Crippen LogP contribution in [0.2, 0.25) is 0 Å². The highest BCUT2D eigenvalue weighted by Gasteiger charge is 2.49. The van der Waals surface area contributed by atoms with Crippen molar-refractivity contribution in [3.63, 3.8) is 0 Å². The second kappa shape index (κ2) is 6.51. The molecule has 3 atom stereocenters. The molecule has 0 amide bonds. The molecule has 5 rings (SSSR count). The molecule has 0 radical (unpaired) electrons. The van der Waals surface area contributed by atoms with Crippen molar-refractivity contribution in [2.24, 2.45) is 0 Å². The number of ether oxygens (including phenoxy) is 2. The van der Waals surface area contributed by atoms with E-state index in [0.717, 1.165) is 18.2 Å². The maximum Gasteiger partial charge on any atom is 0.339 e. The van der Waals surface area contributed by atoms with Gasteiger partial charge in [-0.3, -0.25) is 0 Å². The summed E-state index contributed by atoms with van der Waals surface area (Å²) < 4.78 is 11.5. The molecule has 10 heteroatoms. The molecular weight excluding hydrogens is 424 g/mol. The predicted molar refractivity (Wildman–Crippen MR) is 105 cm³/mol. The summed E-state index contributed by atoms with van der Waals surface area (Å²) >= 11 is 0. The zero-order valence-electron chi connectivity index (χ0n) is 16.1. The van der Waals surface area contributed by atoms with Gasteiger partial charge in [0.15, 0.2) is 41.0 Å². The monoisotopic (exact) mass is 440 g/mol. The summed E-state index contributed by atoms with van der Waals surface area (Å²) in [4.78, 5) is 12.7. The SMILES string of the molecule is O=C1OC2C(c3cc(O)c(O)c(O)c3)Oc3cc(O)ccc3C2c2c1cc(O)c(O)c2O. The highest BCUT2D eigenvalue weighted by Crippen LogP contribution is 2.56. The van der Waals surface area contributed by atoms with Crippen LogP contribution in [0.25, 0.3) is 0 Å². The molecule has 3 aromatic carbocycles. The molecule has 164 valence electrons. The summed E-state index contributed by atoms with van der Waals surface area (Å²) in [6, 6.07) is 7.36. The third-order valence-corrected chi connectivity index (χ3v) is 5.70. The molecule has 7 N–H and O–H groups in total. The molecular formula is C22H16O10. The van der Waals surface area contributed by atoms with E-state index in [1.807, 2.05) is 0 Å². The number of rotatable bonds is 1. The molecule has 3 aromatic rings. The van der Waals surface area contributed by atoms with Crippen LogP contribution < -0.4 is 4.74 Å². The van der Waals surface area contributed by atoms with Gasteiger partial charge in [0.2, 0.25) is 5.75 Å². The van der Waals surface area contributed by atoms with E-state index in [0.29, 0.717) is 5.56 Å². The molecule has 0 spiro atoms. The number of carbonyl (C=O) groups excluding carboxylic acids is 1. The van der Waals surface area contributed by atoms with Crippen molar-refractivity contribution in [1.82, 2.24) is 0 Å². The molecule has 0 fully saturated rings. The summed E-state index contributed by atoms with van der Waals surface area (Å²) in [7, 11) is 0. The number of hydrogen-bond donors (Lipinski definition) is 7. The van der Waals surface area contributed by atoms with Crippen molar-refractivity contribution in [1.29, 1.82) is 0 Å². The van der Waals surface area contributed by atoms with E-state index < -0.39 is 58.6 Å². The molecule has 2 aliphatic heterocycles. The smallest absolute Gasteiger partial charge is 0.339 e. The lowest BCUT2D eigenvalue weighted by Gasteiger charge is -2.42. The number of esters is 1. The van der Waals surface area contributed by atoms with Crippen LogP contribution in [0, 0.1) is 0 Å². The molecule has 0 saturated carbocycles. The van der Waals surface area contributed by atoms with Crippen LogP contribution >= 0.6 is 0 Å². The van der Waals surface area contributed by atoms with Gasteiger partial charge >= 0.3 is 5.97 Å². The van der Waals surface area contributed by atoms with E-state index in [1.54, 1.807) is 0 Å². The van der Waals surface area contributed by atoms with E-state index in [2.05, 4.69) is 0 Å².